The largest absolute Gasteiger partial charge is 0.383 e. The molecule has 5 heteroatoms. The van der Waals surface area contributed by atoms with Gasteiger partial charge in [0.05, 0.1) is 11.5 Å². The molecule has 0 bridgehead atoms. The highest BCUT2D eigenvalue weighted by molar-refractivity contribution is 7.89. The molecule has 1 rings (SSSR count). The van der Waals surface area contributed by atoms with Gasteiger partial charge in [-0.1, -0.05) is 25.5 Å². The molecule has 0 aliphatic heterocycles. The summed E-state index contributed by atoms with van der Waals surface area (Å²) < 4.78 is 30.7. The molecule has 108 valence electrons. The monoisotopic (exact) mass is 285 g/mol. The smallest absolute Gasteiger partial charge is 0.242 e. The zero-order chi connectivity index (χ0) is 14.3. The Kier molecular flexibility index (Phi) is 6.48. The lowest BCUT2D eigenvalue weighted by atomic mass is 10.1. The van der Waals surface area contributed by atoms with Crippen molar-refractivity contribution in [1.29, 1.82) is 0 Å². The Balaban J connectivity index is 2.78. The Hall–Kier alpha value is -0.910. The molecule has 0 saturated carbocycles. The van der Waals surface area contributed by atoms with Crippen molar-refractivity contribution in [2.45, 2.75) is 31.1 Å². The maximum absolute atomic E-state index is 12.2. The lowest BCUT2D eigenvalue weighted by Crippen LogP contribution is -2.30. The number of likely N-dealkylation sites (N-methyl/N-ethyl adjacent to an activating group) is 1. The number of aryl methyl sites for hydroxylation is 1. The van der Waals surface area contributed by atoms with Crippen LogP contribution in [0.1, 0.15) is 25.3 Å². The summed E-state index contributed by atoms with van der Waals surface area (Å²) in [7, 11) is -0.268. The number of nitrogens with zero attached hydrogens (tertiary/aromatic N) is 1. The number of benzene rings is 1. The lowest BCUT2D eigenvalue weighted by molar-refractivity contribution is 0.185. The lowest BCUT2D eigenvalue weighted by Gasteiger charge is -2.16. The third kappa shape index (κ3) is 4.60. The molecule has 0 spiro atoms. The van der Waals surface area contributed by atoms with Crippen LogP contribution >= 0.6 is 0 Å². The fourth-order valence-electron chi connectivity index (χ4n) is 1.73. The van der Waals surface area contributed by atoms with Crippen LogP contribution in [0.15, 0.2) is 29.2 Å². The van der Waals surface area contributed by atoms with Gasteiger partial charge in [0.1, 0.15) is 0 Å². The van der Waals surface area contributed by atoms with Gasteiger partial charge in [-0.05, 0) is 30.5 Å². The maximum Gasteiger partial charge on any atom is 0.242 e. The van der Waals surface area contributed by atoms with Crippen LogP contribution in [-0.2, 0) is 21.2 Å². The van der Waals surface area contributed by atoms with Crippen molar-refractivity contribution in [3.63, 3.8) is 0 Å². The Morgan fingerprint density at radius 3 is 2.37 bits per heavy atom. The van der Waals surface area contributed by atoms with Crippen LogP contribution in [0.25, 0.3) is 0 Å². The highest BCUT2D eigenvalue weighted by atomic mass is 32.2. The molecule has 0 saturated heterocycles. The van der Waals surface area contributed by atoms with E-state index in [4.69, 9.17) is 4.74 Å². The highest BCUT2D eigenvalue weighted by Crippen LogP contribution is 2.16. The van der Waals surface area contributed by atoms with Crippen LogP contribution in [0.4, 0.5) is 0 Å². The molecule has 0 unspecified atom stereocenters. The minimum Gasteiger partial charge on any atom is -0.383 e. The molecule has 0 atom stereocenters. The van der Waals surface area contributed by atoms with Crippen molar-refractivity contribution in [3.05, 3.63) is 29.8 Å². The Morgan fingerprint density at radius 2 is 1.84 bits per heavy atom. The first-order valence-corrected chi connectivity index (χ1v) is 8.00. The molecule has 0 fully saturated rings. The van der Waals surface area contributed by atoms with E-state index in [-0.39, 0.29) is 0 Å². The highest BCUT2D eigenvalue weighted by Gasteiger charge is 2.19. The third-order valence-electron chi connectivity index (χ3n) is 3.06. The molecular weight excluding hydrogens is 262 g/mol. The van der Waals surface area contributed by atoms with Gasteiger partial charge in [0.15, 0.2) is 0 Å². The summed E-state index contributed by atoms with van der Waals surface area (Å²) >= 11 is 0. The van der Waals surface area contributed by atoms with Crippen molar-refractivity contribution in [2.75, 3.05) is 27.3 Å². The number of hydrogen-bond donors (Lipinski definition) is 0. The van der Waals surface area contributed by atoms with Crippen molar-refractivity contribution >= 4 is 10.0 Å². The average molecular weight is 285 g/mol. The second-order valence-electron chi connectivity index (χ2n) is 4.57. The summed E-state index contributed by atoms with van der Waals surface area (Å²) in [5, 5.41) is 0. The summed E-state index contributed by atoms with van der Waals surface area (Å²) in [5.41, 5.74) is 1.18. The topological polar surface area (TPSA) is 46.6 Å². The van der Waals surface area contributed by atoms with Gasteiger partial charge in [-0.15, -0.1) is 0 Å². The van der Waals surface area contributed by atoms with E-state index in [1.165, 1.54) is 9.87 Å². The summed E-state index contributed by atoms with van der Waals surface area (Å²) in [6, 6.07) is 7.16. The predicted molar refractivity (Wildman–Crippen MR) is 76.7 cm³/mol. The molecule has 1 aromatic carbocycles. The van der Waals surface area contributed by atoms with E-state index < -0.39 is 10.0 Å². The van der Waals surface area contributed by atoms with Crippen LogP contribution in [0, 0.1) is 0 Å². The minimum atomic E-state index is -3.40. The second kappa shape index (κ2) is 7.62. The fraction of sp³-hybridized carbons (Fsp3) is 0.571. The summed E-state index contributed by atoms with van der Waals surface area (Å²) in [6.45, 7) is 2.89. The number of unbranched alkanes of at least 4 members (excludes halogenated alkanes) is 1. The van der Waals surface area contributed by atoms with E-state index in [9.17, 15) is 8.42 Å². The number of methoxy groups -OCH3 is 1. The van der Waals surface area contributed by atoms with Crippen molar-refractivity contribution < 1.29 is 13.2 Å². The zero-order valence-corrected chi connectivity index (χ0v) is 12.7. The third-order valence-corrected chi connectivity index (χ3v) is 4.93. The van der Waals surface area contributed by atoms with Gasteiger partial charge in [-0.25, -0.2) is 8.42 Å². The molecule has 0 heterocycles. The van der Waals surface area contributed by atoms with Crippen LogP contribution in [0.3, 0.4) is 0 Å². The average Bonchev–Trinajstić information content (AvgIpc) is 2.42. The van der Waals surface area contributed by atoms with Crippen molar-refractivity contribution in [3.8, 4) is 0 Å². The van der Waals surface area contributed by atoms with Crippen molar-refractivity contribution in [1.82, 2.24) is 4.31 Å². The first-order valence-electron chi connectivity index (χ1n) is 6.56. The molecule has 19 heavy (non-hydrogen) atoms. The van der Waals surface area contributed by atoms with Gasteiger partial charge >= 0.3 is 0 Å². The minimum absolute atomic E-state index is 0.339. The van der Waals surface area contributed by atoms with Gasteiger partial charge in [0.25, 0.3) is 0 Å². The number of ether oxygens (including phenoxy) is 1. The van der Waals surface area contributed by atoms with E-state index in [0.717, 1.165) is 19.3 Å². The maximum atomic E-state index is 12.2. The Morgan fingerprint density at radius 1 is 1.21 bits per heavy atom. The quantitative estimate of drug-likeness (QED) is 0.736. The van der Waals surface area contributed by atoms with Gasteiger partial charge in [0, 0.05) is 20.7 Å². The van der Waals surface area contributed by atoms with Crippen LogP contribution in [0.5, 0.6) is 0 Å². The van der Waals surface area contributed by atoms with E-state index in [0.29, 0.717) is 18.0 Å². The van der Waals surface area contributed by atoms with Gasteiger partial charge in [-0.3, -0.25) is 0 Å². The van der Waals surface area contributed by atoms with Gasteiger partial charge < -0.3 is 4.74 Å². The molecule has 0 amide bonds. The standard InChI is InChI=1S/C14H23NO3S/c1-4-5-6-13-7-9-14(10-8-13)19(16,17)15(2)11-12-18-3/h7-10H,4-6,11-12H2,1-3H3. The molecule has 0 aliphatic rings. The van der Waals surface area contributed by atoms with E-state index in [1.807, 2.05) is 12.1 Å². The van der Waals surface area contributed by atoms with Crippen LogP contribution in [0.2, 0.25) is 0 Å². The number of sulfonamides is 1. The summed E-state index contributed by atoms with van der Waals surface area (Å²) in [4.78, 5) is 0.339. The summed E-state index contributed by atoms with van der Waals surface area (Å²) in [5.74, 6) is 0. The first kappa shape index (κ1) is 16.1. The van der Waals surface area contributed by atoms with Crippen molar-refractivity contribution in [2.24, 2.45) is 0 Å². The Labute approximate surface area is 116 Å². The first-order chi connectivity index (χ1) is 9.02. The molecular formula is C14H23NO3S. The van der Waals surface area contributed by atoms with Gasteiger partial charge in [0.2, 0.25) is 10.0 Å². The molecule has 4 nitrogen and oxygen atoms in total. The van der Waals surface area contributed by atoms with E-state index >= 15 is 0 Å². The van der Waals surface area contributed by atoms with E-state index in [2.05, 4.69) is 6.92 Å². The predicted octanol–water partition coefficient (Wildman–Crippen LogP) is 2.30. The normalized spacial score (nSPS) is 12.0. The van der Waals surface area contributed by atoms with Gasteiger partial charge in [-0.2, -0.15) is 4.31 Å². The number of hydrogen-bond acceptors (Lipinski definition) is 3. The molecule has 0 N–H and O–H groups in total. The molecule has 0 aromatic heterocycles. The fourth-order valence-corrected chi connectivity index (χ4v) is 2.88. The zero-order valence-electron chi connectivity index (χ0n) is 11.9. The van der Waals surface area contributed by atoms with Crippen LogP contribution in [-0.4, -0.2) is 40.0 Å². The summed E-state index contributed by atoms with van der Waals surface area (Å²) in [6.07, 6.45) is 3.26. The molecule has 1 aromatic rings. The molecule has 0 radical (unpaired) electrons. The molecule has 0 aliphatic carbocycles. The SMILES string of the molecule is CCCCc1ccc(S(=O)(=O)N(C)CCOC)cc1. The van der Waals surface area contributed by atoms with E-state index in [1.54, 1.807) is 26.3 Å². The second-order valence-corrected chi connectivity index (χ2v) is 6.61. The van der Waals surface area contributed by atoms with Crippen LogP contribution < -0.4 is 0 Å². The Bertz CT molecular complexity index is 468. The number of rotatable bonds is 8.